The highest BCUT2D eigenvalue weighted by molar-refractivity contribution is 6.31. The van der Waals surface area contributed by atoms with Crippen LogP contribution in [0.3, 0.4) is 0 Å². The highest BCUT2D eigenvalue weighted by Crippen LogP contribution is 2.32. The second-order valence-corrected chi connectivity index (χ2v) is 5.77. The molecule has 0 bridgehead atoms. The molecule has 0 aliphatic rings. The third-order valence-electron chi connectivity index (χ3n) is 3.62. The molecule has 3 rings (SSSR count). The molecule has 27 heavy (non-hydrogen) atoms. The Hall–Kier alpha value is -3.26. The van der Waals surface area contributed by atoms with Crippen molar-refractivity contribution in [1.82, 2.24) is 15.2 Å². The number of rotatable bonds is 7. The summed E-state index contributed by atoms with van der Waals surface area (Å²) in [7, 11) is 4.73. The Labute approximate surface area is 161 Å². The summed E-state index contributed by atoms with van der Waals surface area (Å²) in [4.78, 5) is 4.40. The average Bonchev–Trinajstić information content (AvgIpc) is 2.68. The number of ether oxygens (including phenoxy) is 3. The van der Waals surface area contributed by atoms with Crippen LogP contribution in [0.15, 0.2) is 42.6 Å². The molecule has 3 aromatic rings. The Bertz CT molecular complexity index is 939. The van der Waals surface area contributed by atoms with Crippen molar-refractivity contribution in [3.8, 4) is 17.2 Å². The second kappa shape index (κ2) is 8.41. The lowest BCUT2D eigenvalue weighted by Crippen LogP contribution is -2.03. The molecule has 9 heteroatoms. The number of halogens is 1. The lowest BCUT2D eigenvalue weighted by atomic mass is 10.2. The quantitative estimate of drug-likeness (QED) is 0.627. The van der Waals surface area contributed by atoms with Crippen LogP contribution in [0, 0.1) is 0 Å². The molecule has 0 saturated carbocycles. The van der Waals surface area contributed by atoms with Crippen LogP contribution in [0.2, 0.25) is 5.02 Å². The molecule has 2 N–H and O–H groups in total. The van der Waals surface area contributed by atoms with Gasteiger partial charge in [-0.3, -0.25) is 0 Å². The first-order valence-corrected chi connectivity index (χ1v) is 8.30. The Morgan fingerprint density at radius 2 is 1.59 bits per heavy atom. The van der Waals surface area contributed by atoms with Crippen LogP contribution < -0.4 is 24.8 Å². The van der Waals surface area contributed by atoms with E-state index in [0.717, 1.165) is 5.69 Å². The molecule has 0 aliphatic carbocycles. The molecule has 8 nitrogen and oxygen atoms in total. The van der Waals surface area contributed by atoms with E-state index < -0.39 is 0 Å². The lowest BCUT2D eigenvalue weighted by Gasteiger charge is -2.12. The van der Waals surface area contributed by atoms with E-state index in [1.54, 1.807) is 51.7 Å². The Morgan fingerprint density at radius 3 is 2.33 bits per heavy atom. The van der Waals surface area contributed by atoms with Crippen molar-refractivity contribution in [2.45, 2.75) is 0 Å². The zero-order chi connectivity index (χ0) is 19.2. The predicted molar refractivity (Wildman–Crippen MR) is 104 cm³/mol. The van der Waals surface area contributed by atoms with E-state index in [1.165, 1.54) is 6.20 Å². The number of methoxy groups -OCH3 is 3. The Morgan fingerprint density at radius 1 is 0.852 bits per heavy atom. The second-order valence-electron chi connectivity index (χ2n) is 5.33. The Balaban J connectivity index is 1.81. The van der Waals surface area contributed by atoms with Crippen molar-refractivity contribution in [3.05, 3.63) is 47.6 Å². The highest BCUT2D eigenvalue weighted by Gasteiger charge is 2.09. The van der Waals surface area contributed by atoms with Crippen LogP contribution in [0.1, 0.15) is 0 Å². The van der Waals surface area contributed by atoms with Crippen molar-refractivity contribution >= 4 is 34.7 Å². The van der Waals surface area contributed by atoms with Crippen LogP contribution in [-0.2, 0) is 0 Å². The fourth-order valence-corrected chi connectivity index (χ4v) is 2.55. The monoisotopic (exact) mass is 387 g/mol. The summed E-state index contributed by atoms with van der Waals surface area (Å²) in [5, 5.41) is 14.7. The molecule has 0 spiro atoms. The summed E-state index contributed by atoms with van der Waals surface area (Å²) in [5.74, 6) is 2.65. The fourth-order valence-electron chi connectivity index (χ4n) is 2.38. The molecule has 140 valence electrons. The first-order valence-electron chi connectivity index (χ1n) is 7.92. The summed E-state index contributed by atoms with van der Waals surface area (Å²) in [6, 6.07) is 10.7. The van der Waals surface area contributed by atoms with Gasteiger partial charge in [-0.2, -0.15) is 10.1 Å². The number of hydrogen-bond acceptors (Lipinski definition) is 8. The minimum atomic E-state index is 0.293. The van der Waals surface area contributed by atoms with Gasteiger partial charge in [0.15, 0.2) is 17.3 Å². The lowest BCUT2D eigenvalue weighted by molar-refractivity contribution is 0.355. The fraction of sp³-hybridized carbons (Fsp3) is 0.167. The van der Waals surface area contributed by atoms with Crippen molar-refractivity contribution in [3.63, 3.8) is 0 Å². The molecule has 2 aromatic carbocycles. The van der Waals surface area contributed by atoms with Gasteiger partial charge in [-0.25, -0.2) is 0 Å². The summed E-state index contributed by atoms with van der Waals surface area (Å²) in [6.07, 6.45) is 1.51. The molecular formula is C18H18ClN5O3. The van der Waals surface area contributed by atoms with Gasteiger partial charge in [0.1, 0.15) is 5.75 Å². The van der Waals surface area contributed by atoms with E-state index in [1.807, 2.05) is 6.07 Å². The van der Waals surface area contributed by atoms with Crippen LogP contribution in [0.5, 0.6) is 17.2 Å². The van der Waals surface area contributed by atoms with Crippen LogP contribution in [0.25, 0.3) is 0 Å². The SMILES string of the molecule is COc1ccc(Cl)cc1Nc1nncc(Nc2ccc(OC)c(OC)c2)n1. The van der Waals surface area contributed by atoms with E-state index >= 15 is 0 Å². The summed E-state index contributed by atoms with van der Waals surface area (Å²) in [6.45, 7) is 0. The van der Waals surface area contributed by atoms with E-state index in [2.05, 4.69) is 25.8 Å². The largest absolute Gasteiger partial charge is 0.495 e. The first kappa shape index (κ1) is 18.5. The van der Waals surface area contributed by atoms with Gasteiger partial charge >= 0.3 is 0 Å². The predicted octanol–water partition coefficient (Wildman–Crippen LogP) is 4.04. The van der Waals surface area contributed by atoms with Gasteiger partial charge in [0.25, 0.3) is 0 Å². The summed E-state index contributed by atoms with van der Waals surface area (Å²) < 4.78 is 15.8. The van der Waals surface area contributed by atoms with Gasteiger partial charge in [-0.05, 0) is 30.3 Å². The number of anilines is 4. The van der Waals surface area contributed by atoms with Gasteiger partial charge in [-0.15, -0.1) is 5.10 Å². The number of nitrogens with one attached hydrogen (secondary N) is 2. The molecule has 0 atom stereocenters. The zero-order valence-electron chi connectivity index (χ0n) is 15.0. The maximum Gasteiger partial charge on any atom is 0.249 e. The first-order chi connectivity index (χ1) is 13.1. The number of nitrogens with zero attached hydrogens (tertiary/aromatic N) is 3. The van der Waals surface area contributed by atoms with Gasteiger partial charge in [-0.1, -0.05) is 11.6 Å². The molecule has 1 aromatic heterocycles. The zero-order valence-corrected chi connectivity index (χ0v) is 15.7. The molecule has 1 heterocycles. The highest BCUT2D eigenvalue weighted by atomic mass is 35.5. The standard InChI is InChI=1S/C18H18ClN5O3/c1-25-14-6-4-11(19)8-13(14)22-18-23-17(10-20-24-18)21-12-5-7-15(26-2)16(9-12)27-3/h4-10H,1-3H3,(H2,21,22,23,24). The van der Waals surface area contributed by atoms with E-state index in [0.29, 0.717) is 39.7 Å². The molecule has 0 saturated heterocycles. The molecule has 0 fully saturated rings. The smallest absolute Gasteiger partial charge is 0.249 e. The van der Waals surface area contributed by atoms with E-state index in [4.69, 9.17) is 25.8 Å². The topological polar surface area (TPSA) is 90.4 Å². The molecule has 0 unspecified atom stereocenters. The minimum Gasteiger partial charge on any atom is -0.495 e. The summed E-state index contributed by atoms with van der Waals surface area (Å²) in [5.41, 5.74) is 1.40. The third kappa shape index (κ3) is 4.48. The van der Waals surface area contributed by atoms with Crippen molar-refractivity contribution in [1.29, 1.82) is 0 Å². The Kier molecular flexibility index (Phi) is 5.77. The number of benzene rings is 2. The van der Waals surface area contributed by atoms with Gasteiger partial charge in [0.2, 0.25) is 5.95 Å². The van der Waals surface area contributed by atoms with Gasteiger partial charge < -0.3 is 24.8 Å². The normalized spacial score (nSPS) is 10.2. The van der Waals surface area contributed by atoms with Crippen LogP contribution in [0.4, 0.5) is 23.1 Å². The van der Waals surface area contributed by atoms with Crippen LogP contribution >= 0.6 is 11.6 Å². The molecule has 0 radical (unpaired) electrons. The van der Waals surface area contributed by atoms with Gasteiger partial charge in [0.05, 0.1) is 33.2 Å². The molecule has 0 amide bonds. The van der Waals surface area contributed by atoms with E-state index in [9.17, 15) is 0 Å². The van der Waals surface area contributed by atoms with E-state index in [-0.39, 0.29) is 0 Å². The maximum absolute atomic E-state index is 6.05. The van der Waals surface area contributed by atoms with Gasteiger partial charge in [0, 0.05) is 16.8 Å². The summed E-state index contributed by atoms with van der Waals surface area (Å²) >= 11 is 6.05. The van der Waals surface area contributed by atoms with Crippen molar-refractivity contribution < 1.29 is 14.2 Å². The maximum atomic E-state index is 6.05. The van der Waals surface area contributed by atoms with Crippen LogP contribution in [-0.4, -0.2) is 36.5 Å². The van der Waals surface area contributed by atoms with Crippen molar-refractivity contribution in [2.24, 2.45) is 0 Å². The van der Waals surface area contributed by atoms with Crippen molar-refractivity contribution in [2.75, 3.05) is 32.0 Å². The average molecular weight is 388 g/mol. The molecule has 0 aliphatic heterocycles. The molecular weight excluding hydrogens is 370 g/mol. The third-order valence-corrected chi connectivity index (χ3v) is 3.86. The number of hydrogen-bond donors (Lipinski definition) is 2. The minimum absolute atomic E-state index is 0.293. The number of aromatic nitrogens is 3.